The zero-order valence-corrected chi connectivity index (χ0v) is 12.6. The molecule has 0 saturated carbocycles. The van der Waals surface area contributed by atoms with Crippen molar-refractivity contribution >= 4 is 11.9 Å². The zero-order chi connectivity index (χ0) is 14.4. The first-order valence-electron chi connectivity index (χ1n) is 7.51. The van der Waals surface area contributed by atoms with E-state index in [1.54, 1.807) is 0 Å². The molecular formula is C14H26N4O2. The Morgan fingerprint density at radius 1 is 1.40 bits per heavy atom. The lowest BCUT2D eigenvalue weighted by Crippen LogP contribution is -2.42. The van der Waals surface area contributed by atoms with E-state index < -0.39 is 0 Å². The van der Waals surface area contributed by atoms with Gasteiger partial charge in [-0.1, -0.05) is 0 Å². The lowest BCUT2D eigenvalue weighted by atomic mass is 9.87. The van der Waals surface area contributed by atoms with E-state index in [0.29, 0.717) is 18.5 Å². The lowest BCUT2D eigenvalue weighted by molar-refractivity contribution is -0.118. The fourth-order valence-corrected chi connectivity index (χ4v) is 2.91. The second-order valence-corrected chi connectivity index (χ2v) is 5.69. The summed E-state index contributed by atoms with van der Waals surface area (Å²) in [6.45, 7) is 9.51. The van der Waals surface area contributed by atoms with Gasteiger partial charge in [-0.15, -0.1) is 0 Å². The molecule has 114 valence electrons. The molecule has 0 bridgehead atoms. The topological polar surface area (TPSA) is 66.0 Å². The third-order valence-electron chi connectivity index (χ3n) is 4.01. The molecule has 2 fully saturated rings. The monoisotopic (exact) mass is 282 g/mol. The van der Waals surface area contributed by atoms with Crippen LogP contribution in [0.5, 0.6) is 0 Å². The largest absolute Gasteiger partial charge is 0.381 e. The minimum atomic E-state index is -0.00608. The van der Waals surface area contributed by atoms with Gasteiger partial charge in [-0.2, -0.15) is 0 Å². The summed E-state index contributed by atoms with van der Waals surface area (Å²) in [6, 6.07) is 0. The number of hydrogen-bond acceptors (Lipinski definition) is 3. The number of hydrogen-bond donors (Lipinski definition) is 2. The van der Waals surface area contributed by atoms with Gasteiger partial charge >= 0.3 is 0 Å². The van der Waals surface area contributed by atoms with Gasteiger partial charge in [-0.05, 0) is 19.8 Å². The van der Waals surface area contributed by atoms with E-state index in [1.807, 2.05) is 0 Å². The number of amides is 1. The summed E-state index contributed by atoms with van der Waals surface area (Å²) in [5.41, 5.74) is 0.341. The van der Waals surface area contributed by atoms with Crippen LogP contribution >= 0.6 is 0 Å². The van der Waals surface area contributed by atoms with Crippen molar-refractivity contribution in [1.82, 2.24) is 15.5 Å². The van der Waals surface area contributed by atoms with Crippen molar-refractivity contribution in [2.75, 3.05) is 45.9 Å². The minimum Gasteiger partial charge on any atom is -0.381 e. The van der Waals surface area contributed by atoms with Gasteiger partial charge in [0, 0.05) is 45.1 Å². The molecule has 2 aliphatic heterocycles. The van der Waals surface area contributed by atoms with E-state index >= 15 is 0 Å². The fourth-order valence-electron chi connectivity index (χ4n) is 2.91. The van der Waals surface area contributed by atoms with E-state index in [-0.39, 0.29) is 5.91 Å². The fraction of sp³-hybridized carbons (Fsp3) is 0.857. The Morgan fingerprint density at radius 3 is 2.90 bits per heavy atom. The smallest absolute Gasteiger partial charge is 0.216 e. The van der Waals surface area contributed by atoms with Crippen LogP contribution in [0.3, 0.4) is 0 Å². The minimum absolute atomic E-state index is 0.00608. The third-order valence-corrected chi connectivity index (χ3v) is 4.01. The molecule has 0 aromatic heterocycles. The van der Waals surface area contributed by atoms with Gasteiger partial charge in [0.25, 0.3) is 0 Å². The number of nitrogens with one attached hydrogen (secondary N) is 2. The molecule has 2 N–H and O–H groups in total. The van der Waals surface area contributed by atoms with Crippen molar-refractivity contribution < 1.29 is 9.53 Å². The van der Waals surface area contributed by atoms with Crippen LogP contribution in [0, 0.1) is 5.41 Å². The van der Waals surface area contributed by atoms with Crippen LogP contribution in [-0.4, -0.2) is 62.7 Å². The van der Waals surface area contributed by atoms with Crippen LogP contribution in [0.1, 0.15) is 26.7 Å². The number of ether oxygens (including phenoxy) is 1. The van der Waals surface area contributed by atoms with Crippen molar-refractivity contribution in [2.24, 2.45) is 10.4 Å². The molecule has 2 heterocycles. The van der Waals surface area contributed by atoms with Gasteiger partial charge in [0.1, 0.15) is 0 Å². The summed E-state index contributed by atoms with van der Waals surface area (Å²) < 4.78 is 5.56. The summed E-state index contributed by atoms with van der Waals surface area (Å²) in [5.74, 6) is 0.954. The molecule has 0 aromatic rings. The van der Waals surface area contributed by atoms with Gasteiger partial charge in [0.15, 0.2) is 5.96 Å². The normalized spacial score (nSPS) is 26.3. The van der Waals surface area contributed by atoms with Crippen LogP contribution in [0.15, 0.2) is 4.99 Å². The molecule has 2 rings (SSSR count). The molecule has 6 heteroatoms. The maximum atomic E-state index is 10.8. The first kappa shape index (κ1) is 15.1. The molecule has 6 nitrogen and oxygen atoms in total. The van der Waals surface area contributed by atoms with Gasteiger partial charge in [-0.25, -0.2) is 0 Å². The van der Waals surface area contributed by atoms with E-state index in [0.717, 1.165) is 45.2 Å². The van der Waals surface area contributed by atoms with E-state index in [2.05, 4.69) is 27.4 Å². The molecule has 2 aliphatic rings. The number of rotatable bonds is 4. The van der Waals surface area contributed by atoms with Crippen LogP contribution in [0.2, 0.25) is 0 Å². The third kappa shape index (κ3) is 3.85. The highest BCUT2D eigenvalue weighted by Crippen LogP contribution is 2.38. The number of carbonyl (C=O) groups excluding carboxylic acids is 1. The van der Waals surface area contributed by atoms with Crippen molar-refractivity contribution in [3.05, 3.63) is 0 Å². The number of likely N-dealkylation sites (tertiary alicyclic amines) is 1. The SMILES string of the molecule is CCNC(=NCCNC(C)=O)N1CCC2(CCOC2)C1. The van der Waals surface area contributed by atoms with Crippen molar-refractivity contribution in [1.29, 1.82) is 0 Å². The van der Waals surface area contributed by atoms with Crippen molar-refractivity contribution in [3.63, 3.8) is 0 Å². The summed E-state index contributed by atoms with van der Waals surface area (Å²) in [6.07, 6.45) is 2.35. The number of carbonyl (C=O) groups is 1. The molecule has 1 amide bonds. The quantitative estimate of drug-likeness (QED) is 0.439. The molecule has 1 atom stereocenters. The van der Waals surface area contributed by atoms with E-state index in [1.165, 1.54) is 13.3 Å². The Bertz CT molecular complexity index is 364. The van der Waals surface area contributed by atoms with E-state index in [9.17, 15) is 4.79 Å². The standard InChI is InChI=1S/C14H26N4O2/c1-3-15-13(17-7-6-16-12(2)19)18-8-4-14(10-18)5-9-20-11-14/h3-11H2,1-2H3,(H,15,17)(H,16,19). The van der Waals surface area contributed by atoms with Gasteiger partial charge in [0.05, 0.1) is 13.2 Å². The second kappa shape index (κ2) is 6.92. The van der Waals surface area contributed by atoms with Gasteiger partial charge in [-0.3, -0.25) is 9.79 Å². The van der Waals surface area contributed by atoms with Gasteiger partial charge < -0.3 is 20.3 Å². The first-order valence-corrected chi connectivity index (χ1v) is 7.51. The number of aliphatic imine (C=N–C) groups is 1. The Kier molecular flexibility index (Phi) is 5.23. The summed E-state index contributed by atoms with van der Waals surface area (Å²) >= 11 is 0. The molecule has 0 radical (unpaired) electrons. The Balaban J connectivity index is 1.88. The molecule has 0 aliphatic carbocycles. The highest BCUT2D eigenvalue weighted by atomic mass is 16.5. The number of nitrogens with zero attached hydrogens (tertiary/aromatic N) is 2. The molecular weight excluding hydrogens is 256 g/mol. The highest BCUT2D eigenvalue weighted by Gasteiger charge is 2.42. The van der Waals surface area contributed by atoms with Crippen LogP contribution in [0.25, 0.3) is 0 Å². The Morgan fingerprint density at radius 2 is 2.25 bits per heavy atom. The molecule has 2 saturated heterocycles. The van der Waals surface area contributed by atoms with Crippen molar-refractivity contribution in [2.45, 2.75) is 26.7 Å². The maximum absolute atomic E-state index is 10.8. The summed E-state index contributed by atoms with van der Waals surface area (Å²) in [4.78, 5) is 17.8. The molecule has 1 spiro atoms. The van der Waals surface area contributed by atoms with Crippen molar-refractivity contribution in [3.8, 4) is 0 Å². The average molecular weight is 282 g/mol. The van der Waals surface area contributed by atoms with Crippen LogP contribution in [-0.2, 0) is 9.53 Å². The maximum Gasteiger partial charge on any atom is 0.216 e. The summed E-state index contributed by atoms with van der Waals surface area (Å²) in [7, 11) is 0. The van der Waals surface area contributed by atoms with E-state index in [4.69, 9.17) is 4.74 Å². The highest BCUT2D eigenvalue weighted by molar-refractivity contribution is 5.80. The number of guanidine groups is 1. The predicted molar refractivity (Wildman–Crippen MR) is 78.7 cm³/mol. The van der Waals surface area contributed by atoms with Gasteiger partial charge in [0.2, 0.25) is 5.91 Å². The Labute approximate surface area is 121 Å². The second-order valence-electron chi connectivity index (χ2n) is 5.69. The molecule has 20 heavy (non-hydrogen) atoms. The summed E-state index contributed by atoms with van der Waals surface area (Å²) in [5, 5.41) is 6.11. The predicted octanol–water partition coefficient (Wildman–Crippen LogP) is 0.200. The molecule has 1 unspecified atom stereocenters. The lowest BCUT2D eigenvalue weighted by Gasteiger charge is -2.25. The molecule has 0 aromatic carbocycles. The van der Waals surface area contributed by atoms with Crippen LogP contribution in [0.4, 0.5) is 0 Å². The van der Waals surface area contributed by atoms with Crippen LogP contribution < -0.4 is 10.6 Å². The Hall–Kier alpha value is -1.30. The average Bonchev–Trinajstić information content (AvgIpc) is 3.04. The zero-order valence-electron chi connectivity index (χ0n) is 12.6. The first-order chi connectivity index (χ1) is 9.65.